The maximum Gasteiger partial charge on any atom is 0.319 e. The standard InChI is InChI=1S/C19H25N5O4/c1-23(2)17(25)13-24-12-16(11-20-24)22-19(28)21-15(8-9-18(26)27)10-14-6-4-3-5-7-14/h3-7,11-12,15H,8-10,13H2,1-2H3,(H,26,27)(H2,21,22,28). The minimum Gasteiger partial charge on any atom is -0.481 e. The van der Waals surface area contributed by atoms with Gasteiger partial charge in [-0.15, -0.1) is 0 Å². The summed E-state index contributed by atoms with van der Waals surface area (Å²) in [4.78, 5) is 36.4. The molecule has 1 aromatic carbocycles. The molecule has 9 heteroatoms. The SMILES string of the molecule is CN(C)C(=O)Cn1cc(NC(=O)NC(CCC(=O)O)Cc2ccccc2)cn1. The Bertz CT molecular complexity index is 804. The van der Waals surface area contributed by atoms with Crippen LogP contribution in [0.2, 0.25) is 0 Å². The first kappa shape index (κ1) is 20.9. The van der Waals surface area contributed by atoms with Crippen molar-refractivity contribution in [1.82, 2.24) is 20.0 Å². The van der Waals surface area contributed by atoms with Crippen LogP contribution >= 0.6 is 0 Å². The van der Waals surface area contributed by atoms with Crippen molar-refractivity contribution in [3.05, 3.63) is 48.3 Å². The Labute approximate surface area is 163 Å². The molecule has 0 fully saturated rings. The number of carboxylic acids is 1. The lowest BCUT2D eigenvalue weighted by atomic mass is 10.0. The molecule has 3 N–H and O–H groups in total. The molecule has 0 spiro atoms. The fraction of sp³-hybridized carbons (Fsp3) is 0.368. The van der Waals surface area contributed by atoms with Crippen LogP contribution in [0.4, 0.5) is 10.5 Å². The number of nitrogens with zero attached hydrogens (tertiary/aromatic N) is 3. The first-order chi connectivity index (χ1) is 13.3. The Kier molecular flexibility index (Phi) is 7.55. The first-order valence-corrected chi connectivity index (χ1v) is 8.89. The Balaban J connectivity index is 1.94. The number of rotatable bonds is 9. The van der Waals surface area contributed by atoms with Gasteiger partial charge in [-0.3, -0.25) is 14.3 Å². The quantitative estimate of drug-likeness (QED) is 0.604. The molecule has 0 saturated heterocycles. The summed E-state index contributed by atoms with van der Waals surface area (Å²) in [7, 11) is 3.31. The summed E-state index contributed by atoms with van der Waals surface area (Å²) >= 11 is 0. The summed E-state index contributed by atoms with van der Waals surface area (Å²) < 4.78 is 1.43. The second-order valence-corrected chi connectivity index (χ2v) is 6.63. The number of carboxylic acid groups (broad SMARTS) is 1. The van der Waals surface area contributed by atoms with E-state index in [1.165, 1.54) is 15.8 Å². The van der Waals surface area contributed by atoms with Crippen molar-refractivity contribution in [3.8, 4) is 0 Å². The smallest absolute Gasteiger partial charge is 0.319 e. The van der Waals surface area contributed by atoms with E-state index in [2.05, 4.69) is 15.7 Å². The van der Waals surface area contributed by atoms with Gasteiger partial charge in [0.05, 0.1) is 11.9 Å². The Morgan fingerprint density at radius 3 is 2.57 bits per heavy atom. The molecule has 9 nitrogen and oxygen atoms in total. The van der Waals surface area contributed by atoms with Crippen LogP contribution in [0.3, 0.4) is 0 Å². The highest BCUT2D eigenvalue weighted by Crippen LogP contribution is 2.10. The fourth-order valence-corrected chi connectivity index (χ4v) is 2.57. The molecule has 1 aromatic heterocycles. The van der Waals surface area contributed by atoms with Gasteiger partial charge in [0, 0.05) is 32.8 Å². The number of urea groups is 1. The van der Waals surface area contributed by atoms with E-state index in [9.17, 15) is 14.4 Å². The van der Waals surface area contributed by atoms with Crippen molar-refractivity contribution in [1.29, 1.82) is 0 Å². The van der Waals surface area contributed by atoms with Crippen LogP contribution in [0.15, 0.2) is 42.7 Å². The molecule has 0 aliphatic carbocycles. The van der Waals surface area contributed by atoms with Gasteiger partial charge in [-0.2, -0.15) is 5.10 Å². The van der Waals surface area contributed by atoms with Crippen molar-refractivity contribution < 1.29 is 19.5 Å². The summed E-state index contributed by atoms with van der Waals surface area (Å²) in [5.74, 6) is -1.03. The highest BCUT2D eigenvalue weighted by molar-refractivity contribution is 5.89. The summed E-state index contributed by atoms with van der Waals surface area (Å²) in [6, 6.07) is 8.76. The third-order valence-corrected chi connectivity index (χ3v) is 4.05. The van der Waals surface area contributed by atoms with E-state index in [0.29, 0.717) is 18.5 Å². The van der Waals surface area contributed by atoms with Crippen molar-refractivity contribution in [2.24, 2.45) is 0 Å². The van der Waals surface area contributed by atoms with Crippen molar-refractivity contribution >= 4 is 23.6 Å². The molecule has 0 aliphatic rings. The number of amides is 3. The number of aliphatic carboxylic acids is 1. The highest BCUT2D eigenvalue weighted by atomic mass is 16.4. The molecule has 1 heterocycles. The van der Waals surface area contributed by atoms with Crippen LogP contribution in [-0.4, -0.2) is 57.8 Å². The van der Waals surface area contributed by atoms with Gasteiger partial charge < -0.3 is 20.6 Å². The summed E-state index contributed by atoms with van der Waals surface area (Å²) in [6.07, 6.45) is 3.81. The van der Waals surface area contributed by atoms with Gasteiger partial charge in [0.15, 0.2) is 0 Å². The lowest BCUT2D eigenvalue weighted by Gasteiger charge is -2.18. The first-order valence-electron chi connectivity index (χ1n) is 8.89. The third-order valence-electron chi connectivity index (χ3n) is 4.05. The number of nitrogens with one attached hydrogen (secondary N) is 2. The molecule has 1 atom stereocenters. The molecule has 2 aromatic rings. The largest absolute Gasteiger partial charge is 0.481 e. The zero-order valence-corrected chi connectivity index (χ0v) is 16.0. The minimum atomic E-state index is -0.910. The summed E-state index contributed by atoms with van der Waals surface area (Å²) in [5, 5.41) is 18.5. The van der Waals surface area contributed by atoms with Gasteiger partial charge in [-0.05, 0) is 18.4 Å². The van der Waals surface area contributed by atoms with E-state index < -0.39 is 12.0 Å². The van der Waals surface area contributed by atoms with Crippen LogP contribution < -0.4 is 10.6 Å². The number of aromatic nitrogens is 2. The fourth-order valence-electron chi connectivity index (χ4n) is 2.57. The minimum absolute atomic E-state index is 0.0393. The van der Waals surface area contributed by atoms with Crippen molar-refractivity contribution in [2.75, 3.05) is 19.4 Å². The van der Waals surface area contributed by atoms with Crippen LogP contribution in [0.1, 0.15) is 18.4 Å². The number of likely N-dealkylation sites (N-methyl/N-ethyl adjacent to an activating group) is 1. The third kappa shape index (κ3) is 7.10. The van der Waals surface area contributed by atoms with Crippen molar-refractivity contribution in [3.63, 3.8) is 0 Å². The van der Waals surface area contributed by atoms with Gasteiger partial charge in [0.2, 0.25) is 5.91 Å². The van der Waals surface area contributed by atoms with Gasteiger partial charge >= 0.3 is 12.0 Å². The molecule has 3 amide bonds. The van der Waals surface area contributed by atoms with Gasteiger partial charge in [-0.25, -0.2) is 4.79 Å². The van der Waals surface area contributed by atoms with E-state index >= 15 is 0 Å². The van der Waals surface area contributed by atoms with Gasteiger partial charge in [0.1, 0.15) is 6.54 Å². The van der Waals surface area contributed by atoms with E-state index in [-0.39, 0.29) is 24.9 Å². The van der Waals surface area contributed by atoms with Crippen LogP contribution in [-0.2, 0) is 22.6 Å². The Hall–Kier alpha value is -3.36. The van der Waals surface area contributed by atoms with Crippen LogP contribution in [0.5, 0.6) is 0 Å². The number of carbonyl (C=O) groups excluding carboxylic acids is 2. The van der Waals surface area contributed by atoms with E-state index in [1.807, 2.05) is 30.3 Å². The summed E-state index contributed by atoms with van der Waals surface area (Å²) in [5.41, 5.74) is 1.45. The molecule has 28 heavy (non-hydrogen) atoms. The number of hydrogen-bond donors (Lipinski definition) is 3. The van der Waals surface area contributed by atoms with E-state index in [4.69, 9.17) is 5.11 Å². The van der Waals surface area contributed by atoms with Gasteiger partial charge in [-0.1, -0.05) is 30.3 Å². The lowest BCUT2D eigenvalue weighted by Crippen LogP contribution is -2.39. The molecule has 0 radical (unpaired) electrons. The molecule has 2 rings (SSSR count). The highest BCUT2D eigenvalue weighted by Gasteiger charge is 2.16. The molecule has 1 unspecified atom stereocenters. The molecule has 0 bridgehead atoms. The predicted octanol–water partition coefficient (Wildman–Crippen LogP) is 1.57. The Morgan fingerprint density at radius 2 is 1.93 bits per heavy atom. The lowest BCUT2D eigenvalue weighted by molar-refractivity contribution is -0.137. The van der Waals surface area contributed by atoms with Gasteiger partial charge in [0.25, 0.3) is 0 Å². The van der Waals surface area contributed by atoms with E-state index in [0.717, 1.165) is 5.56 Å². The normalized spacial score (nSPS) is 11.5. The van der Waals surface area contributed by atoms with E-state index in [1.54, 1.807) is 20.3 Å². The predicted molar refractivity (Wildman–Crippen MR) is 104 cm³/mol. The van der Waals surface area contributed by atoms with Crippen LogP contribution in [0.25, 0.3) is 0 Å². The number of carbonyl (C=O) groups is 3. The van der Waals surface area contributed by atoms with Crippen LogP contribution in [0, 0.1) is 0 Å². The average molecular weight is 387 g/mol. The molecule has 0 saturated carbocycles. The van der Waals surface area contributed by atoms with Crippen molar-refractivity contribution in [2.45, 2.75) is 31.8 Å². The molecular weight excluding hydrogens is 362 g/mol. The maximum absolute atomic E-state index is 12.3. The average Bonchev–Trinajstić information content (AvgIpc) is 3.07. The number of hydrogen-bond acceptors (Lipinski definition) is 4. The molecule has 150 valence electrons. The molecule has 0 aliphatic heterocycles. The number of anilines is 1. The molecular formula is C19H25N5O4. The number of benzene rings is 1. The second kappa shape index (κ2) is 10.1. The monoisotopic (exact) mass is 387 g/mol. The topological polar surface area (TPSA) is 117 Å². The maximum atomic E-state index is 12.3. The Morgan fingerprint density at radius 1 is 1.21 bits per heavy atom. The zero-order chi connectivity index (χ0) is 20.5. The second-order valence-electron chi connectivity index (χ2n) is 6.63. The zero-order valence-electron chi connectivity index (χ0n) is 16.0. The summed E-state index contributed by atoms with van der Waals surface area (Å²) in [6.45, 7) is 0.0749.